The number of para-hydroxylation sites is 1. The fourth-order valence-electron chi connectivity index (χ4n) is 3.54. The molecule has 2 heterocycles. The molecule has 1 aliphatic heterocycles. The third-order valence-electron chi connectivity index (χ3n) is 5.07. The molecular formula is C22H22BrN5O. The number of carbonyl (C=O) groups is 1. The Hall–Kier alpha value is -2.93. The maximum absolute atomic E-state index is 12.5. The number of nitrogens with two attached hydrogens (primary N) is 1. The molecule has 0 bridgehead atoms. The summed E-state index contributed by atoms with van der Waals surface area (Å²) >= 11 is 3.39. The number of rotatable bonds is 4. The Balaban J connectivity index is 1.42. The van der Waals surface area contributed by atoms with Gasteiger partial charge in [-0.25, -0.2) is 0 Å². The number of benzene rings is 2. The molecule has 0 saturated carbocycles. The van der Waals surface area contributed by atoms with Crippen LogP contribution in [0.5, 0.6) is 0 Å². The standard InChI is InChI=1S/C22H22BrN5O/c23-16-9-7-15(8-10-16)22(29)25-17-4-3-13-28(14-17)21-12-11-20(26-27-21)18-5-1-2-6-19(18)24/h1-2,5-12,17H,3-4,13-14,24H2,(H,25,29). The number of nitrogens with zero attached hydrogens (tertiary/aromatic N) is 3. The van der Waals surface area contributed by atoms with Crippen LogP contribution < -0.4 is 16.0 Å². The van der Waals surface area contributed by atoms with E-state index in [-0.39, 0.29) is 11.9 Å². The second-order valence-corrected chi connectivity index (χ2v) is 8.05. The van der Waals surface area contributed by atoms with Crippen LogP contribution in [0.2, 0.25) is 0 Å². The third-order valence-corrected chi connectivity index (χ3v) is 5.60. The number of anilines is 2. The number of nitrogens with one attached hydrogen (secondary N) is 1. The predicted octanol–water partition coefficient (Wildman–Crippen LogP) is 3.89. The van der Waals surface area contributed by atoms with Crippen molar-refractivity contribution in [2.24, 2.45) is 0 Å². The Kier molecular flexibility index (Phi) is 5.76. The van der Waals surface area contributed by atoms with Crippen LogP contribution in [-0.2, 0) is 0 Å². The van der Waals surface area contributed by atoms with E-state index in [1.807, 2.05) is 60.7 Å². The molecule has 1 aromatic heterocycles. The smallest absolute Gasteiger partial charge is 0.251 e. The first-order valence-electron chi connectivity index (χ1n) is 9.60. The highest BCUT2D eigenvalue weighted by Crippen LogP contribution is 2.25. The van der Waals surface area contributed by atoms with Crippen LogP contribution in [0, 0.1) is 0 Å². The van der Waals surface area contributed by atoms with Crippen molar-refractivity contribution in [1.29, 1.82) is 0 Å². The maximum atomic E-state index is 12.5. The van der Waals surface area contributed by atoms with Gasteiger partial charge in [-0.15, -0.1) is 10.2 Å². The fraction of sp³-hybridized carbons (Fsp3) is 0.227. The summed E-state index contributed by atoms with van der Waals surface area (Å²) in [6, 6.07) is 19.0. The molecule has 1 unspecified atom stereocenters. The van der Waals surface area contributed by atoms with E-state index >= 15 is 0 Å². The molecule has 0 spiro atoms. The lowest BCUT2D eigenvalue weighted by Crippen LogP contribution is -2.48. The Morgan fingerprint density at radius 2 is 1.86 bits per heavy atom. The first-order chi connectivity index (χ1) is 14.1. The molecule has 0 aliphatic carbocycles. The molecule has 1 aliphatic rings. The van der Waals surface area contributed by atoms with Gasteiger partial charge in [-0.1, -0.05) is 34.1 Å². The van der Waals surface area contributed by atoms with Crippen molar-refractivity contribution < 1.29 is 4.79 Å². The van der Waals surface area contributed by atoms with E-state index in [0.717, 1.165) is 40.9 Å². The van der Waals surface area contributed by atoms with Gasteiger partial charge in [-0.3, -0.25) is 4.79 Å². The Morgan fingerprint density at radius 3 is 2.59 bits per heavy atom. The summed E-state index contributed by atoms with van der Waals surface area (Å²) in [6.45, 7) is 1.61. The molecule has 4 rings (SSSR count). The van der Waals surface area contributed by atoms with E-state index in [2.05, 4.69) is 36.3 Å². The minimum atomic E-state index is -0.0506. The zero-order valence-corrected chi connectivity index (χ0v) is 17.5. The molecule has 3 aromatic rings. The van der Waals surface area contributed by atoms with Crippen molar-refractivity contribution in [2.45, 2.75) is 18.9 Å². The van der Waals surface area contributed by atoms with Crippen molar-refractivity contribution >= 4 is 33.3 Å². The zero-order chi connectivity index (χ0) is 20.2. The monoisotopic (exact) mass is 451 g/mol. The van der Waals surface area contributed by atoms with Gasteiger partial charge in [0.1, 0.15) is 0 Å². The van der Waals surface area contributed by atoms with Crippen LogP contribution in [0.1, 0.15) is 23.2 Å². The van der Waals surface area contributed by atoms with Crippen molar-refractivity contribution in [3.8, 4) is 11.3 Å². The van der Waals surface area contributed by atoms with Crippen LogP contribution in [0.3, 0.4) is 0 Å². The lowest BCUT2D eigenvalue weighted by atomic mass is 10.0. The summed E-state index contributed by atoms with van der Waals surface area (Å²) in [5.41, 5.74) is 9.01. The van der Waals surface area contributed by atoms with Gasteiger partial charge in [0.15, 0.2) is 5.82 Å². The van der Waals surface area contributed by atoms with E-state index in [0.29, 0.717) is 17.8 Å². The largest absolute Gasteiger partial charge is 0.398 e. The van der Waals surface area contributed by atoms with Gasteiger partial charge in [0.25, 0.3) is 5.91 Å². The molecule has 3 N–H and O–H groups in total. The highest BCUT2D eigenvalue weighted by molar-refractivity contribution is 9.10. The van der Waals surface area contributed by atoms with Crippen LogP contribution in [-0.4, -0.2) is 35.2 Å². The van der Waals surface area contributed by atoms with Crippen LogP contribution in [0.4, 0.5) is 11.5 Å². The Labute approximate surface area is 178 Å². The second kappa shape index (κ2) is 8.61. The van der Waals surface area contributed by atoms with Gasteiger partial charge in [0.2, 0.25) is 0 Å². The average Bonchev–Trinajstić information content (AvgIpc) is 2.75. The third kappa shape index (κ3) is 4.56. The second-order valence-electron chi connectivity index (χ2n) is 7.13. The summed E-state index contributed by atoms with van der Waals surface area (Å²) in [4.78, 5) is 14.7. The summed E-state index contributed by atoms with van der Waals surface area (Å²) in [6.07, 6.45) is 1.94. The molecule has 7 heteroatoms. The van der Waals surface area contributed by atoms with Gasteiger partial charge in [-0.05, 0) is 55.3 Å². The fourth-order valence-corrected chi connectivity index (χ4v) is 3.81. The lowest BCUT2D eigenvalue weighted by Gasteiger charge is -2.33. The van der Waals surface area contributed by atoms with E-state index in [1.165, 1.54) is 0 Å². The Morgan fingerprint density at radius 1 is 1.07 bits per heavy atom. The summed E-state index contributed by atoms with van der Waals surface area (Å²) in [5, 5.41) is 11.9. The molecule has 148 valence electrons. The number of piperidine rings is 1. The molecule has 2 aromatic carbocycles. The van der Waals surface area contributed by atoms with Crippen molar-refractivity contribution in [3.63, 3.8) is 0 Å². The zero-order valence-electron chi connectivity index (χ0n) is 15.9. The van der Waals surface area contributed by atoms with E-state index < -0.39 is 0 Å². The minimum absolute atomic E-state index is 0.0506. The van der Waals surface area contributed by atoms with Crippen LogP contribution in [0.25, 0.3) is 11.3 Å². The molecule has 1 saturated heterocycles. The van der Waals surface area contributed by atoms with Gasteiger partial charge in [-0.2, -0.15) is 0 Å². The molecule has 1 amide bonds. The topological polar surface area (TPSA) is 84.1 Å². The SMILES string of the molecule is Nc1ccccc1-c1ccc(N2CCCC(NC(=O)c3ccc(Br)cc3)C2)nn1. The van der Waals surface area contributed by atoms with E-state index in [4.69, 9.17) is 5.73 Å². The van der Waals surface area contributed by atoms with Gasteiger partial charge >= 0.3 is 0 Å². The summed E-state index contributed by atoms with van der Waals surface area (Å²) in [7, 11) is 0. The molecule has 1 fully saturated rings. The molecule has 1 atom stereocenters. The quantitative estimate of drug-likeness (QED) is 0.587. The highest BCUT2D eigenvalue weighted by Gasteiger charge is 2.23. The number of amides is 1. The predicted molar refractivity (Wildman–Crippen MR) is 119 cm³/mol. The minimum Gasteiger partial charge on any atom is -0.398 e. The number of hydrogen-bond acceptors (Lipinski definition) is 5. The normalized spacial score (nSPS) is 16.4. The number of halogens is 1. The Bertz CT molecular complexity index is 991. The number of hydrogen-bond donors (Lipinski definition) is 2. The number of nitrogen functional groups attached to an aromatic ring is 1. The van der Waals surface area contributed by atoms with Crippen molar-refractivity contribution in [3.05, 3.63) is 70.7 Å². The number of aromatic nitrogens is 2. The summed E-state index contributed by atoms with van der Waals surface area (Å²) in [5.74, 6) is 0.760. The summed E-state index contributed by atoms with van der Waals surface area (Å²) < 4.78 is 0.956. The van der Waals surface area contributed by atoms with Crippen LogP contribution in [0.15, 0.2) is 65.1 Å². The van der Waals surface area contributed by atoms with E-state index in [1.54, 1.807) is 0 Å². The molecule has 0 radical (unpaired) electrons. The number of carbonyl (C=O) groups excluding carboxylic acids is 1. The van der Waals surface area contributed by atoms with Gasteiger partial charge in [0.05, 0.1) is 5.69 Å². The van der Waals surface area contributed by atoms with Gasteiger partial charge in [0, 0.05) is 40.4 Å². The van der Waals surface area contributed by atoms with Crippen molar-refractivity contribution in [1.82, 2.24) is 15.5 Å². The van der Waals surface area contributed by atoms with Gasteiger partial charge < -0.3 is 16.0 Å². The average molecular weight is 452 g/mol. The van der Waals surface area contributed by atoms with Crippen molar-refractivity contribution in [2.75, 3.05) is 23.7 Å². The molecule has 29 heavy (non-hydrogen) atoms. The molecule has 6 nitrogen and oxygen atoms in total. The van der Waals surface area contributed by atoms with Crippen LogP contribution >= 0.6 is 15.9 Å². The first-order valence-corrected chi connectivity index (χ1v) is 10.4. The van der Waals surface area contributed by atoms with E-state index in [9.17, 15) is 4.79 Å². The molecular weight excluding hydrogens is 430 g/mol. The first kappa shape index (κ1) is 19.4. The maximum Gasteiger partial charge on any atom is 0.251 e. The lowest BCUT2D eigenvalue weighted by molar-refractivity contribution is 0.0933. The highest BCUT2D eigenvalue weighted by atomic mass is 79.9.